The number of rotatable bonds is 4. The van der Waals surface area contributed by atoms with Crippen molar-refractivity contribution in [2.75, 3.05) is 27.2 Å². The Labute approximate surface area is 136 Å². The highest BCUT2D eigenvalue weighted by molar-refractivity contribution is 7.90. The zero-order valence-electron chi connectivity index (χ0n) is 13.5. The molecule has 1 aromatic rings. The predicted octanol–water partition coefficient (Wildman–Crippen LogP) is 1.72. The lowest BCUT2D eigenvalue weighted by molar-refractivity contribution is -0.128. The van der Waals surface area contributed by atoms with E-state index in [0.717, 1.165) is 5.57 Å². The van der Waals surface area contributed by atoms with E-state index in [4.69, 9.17) is 0 Å². The second kappa shape index (κ2) is 6.80. The first-order valence-corrected chi connectivity index (χ1v) is 8.89. The Hall–Kier alpha value is -1.73. The van der Waals surface area contributed by atoms with E-state index in [1.54, 1.807) is 24.3 Å². The van der Waals surface area contributed by atoms with Crippen LogP contribution in [0, 0.1) is 5.82 Å². The highest BCUT2D eigenvalue weighted by Crippen LogP contribution is 2.26. The molecule has 0 aromatic heterocycles. The fourth-order valence-electron chi connectivity index (χ4n) is 2.56. The first kappa shape index (κ1) is 17.6. The summed E-state index contributed by atoms with van der Waals surface area (Å²) in [6, 6.07) is 6.44. The second-order valence-corrected chi connectivity index (χ2v) is 7.99. The van der Waals surface area contributed by atoms with Crippen molar-refractivity contribution in [1.29, 1.82) is 0 Å². The van der Waals surface area contributed by atoms with Crippen LogP contribution in [0.4, 0.5) is 4.39 Å². The molecule has 5 nitrogen and oxygen atoms in total. The Morgan fingerprint density at radius 1 is 1.30 bits per heavy atom. The maximum absolute atomic E-state index is 13.8. The highest BCUT2D eigenvalue weighted by atomic mass is 32.2. The Bertz CT molecular complexity index is 729. The molecular weight excluding hydrogens is 319 g/mol. The monoisotopic (exact) mass is 340 g/mol. The molecule has 0 saturated heterocycles. The van der Waals surface area contributed by atoms with Crippen LogP contribution in [0.15, 0.2) is 30.3 Å². The van der Waals surface area contributed by atoms with Crippen LogP contribution in [0.1, 0.15) is 18.9 Å². The number of hydrogen-bond acceptors (Lipinski definition) is 3. The smallest absolute Gasteiger partial charge is 0.241 e. The first-order valence-electron chi connectivity index (χ1n) is 7.39. The van der Waals surface area contributed by atoms with Gasteiger partial charge in [-0.1, -0.05) is 24.3 Å². The molecule has 1 heterocycles. The molecule has 1 aliphatic heterocycles. The molecule has 0 N–H and O–H groups in total. The molecule has 126 valence electrons. The molecule has 1 aromatic carbocycles. The van der Waals surface area contributed by atoms with Gasteiger partial charge in [-0.15, -0.1) is 0 Å². The maximum atomic E-state index is 13.8. The van der Waals surface area contributed by atoms with Gasteiger partial charge in [0.15, 0.2) is 5.25 Å². The number of hydrogen-bond donors (Lipinski definition) is 0. The highest BCUT2D eigenvalue weighted by Gasteiger charge is 2.35. The molecule has 0 bridgehead atoms. The van der Waals surface area contributed by atoms with Gasteiger partial charge in [-0.2, -0.15) is 4.31 Å². The lowest BCUT2D eigenvalue weighted by atomic mass is 10.00. The predicted molar refractivity (Wildman–Crippen MR) is 87.6 cm³/mol. The molecule has 0 unspecified atom stereocenters. The number of benzene rings is 1. The summed E-state index contributed by atoms with van der Waals surface area (Å²) in [7, 11) is -0.661. The summed E-state index contributed by atoms with van der Waals surface area (Å²) in [5.74, 6) is -0.764. The third-order valence-electron chi connectivity index (χ3n) is 3.99. The van der Waals surface area contributed by atoms with Gasteiger partial charge in [0.1, 0.15) is 5.82 Å². The molecule has 2 rings (SSSR count). The largest absolute Gasteiger partial charge is 0.348 e. The molecule has 0 aliphatic carbocycles. The van der Waals surface area contributed by atoms with Crippen molar-refractivity contribution < 1.29 is 17.6 Å². The molecule has 7 heteroatoms. The normalized spacial score (nSPS) is 17.5. The van der Waals surface area contributed by atoms with Gasteiger partial charge in [0, 0.05) is 32.7 Å². The minimum Gasteiger partial charge on any atom is -0.348 e. The standard InChI is InChI=1S/C16H21FN2O3S/c1-12(16(20)18(2)3)23(21,22)19-10-8-13(9-11-19)14-6-4-5-7-15(14)17/h4-8,12H,9-11H2,1-3H3/t12-/m1/s1. The van der Waals surface area contributed by atoms with Crippen LogP contribution in [-0.4, -0.2) is 56.0 Å². The van der Waals surface area contributed by atoms with E-state index in [1.165, 1.54) is 36.3 Å². The van der Waals surface area contributed by atoms with Crippen molar-refractivity contribution in [3.05, 3.63) is 41.7 Å². The molecule has 23 heavy (non-hydrogen) atoms. The molecular formula is C16H21FN2O3S. The Balaban J connectivity index is 2.17. The molecule has 1 amide bonds. The van der Waals surface area contributed by atoms with E-state index in [1.807, 2.05) is 0 Å². The summed E-state index contributed by atoms with van der Waals surface area (Å²) in [6.07, 6.45) is 2.13. The first-order chi connectivity index (χ1) is 10.7. The fourth-order valence-corrected chi connectivity index (χ4v) is 4.10. The van der Waals surface area contributed by atoms with E-state index >= 15 is 0 Å². The third-order valence-corrected chi connectivity index (χ3v) is 6.13. The number of halogens is 1. The van der Waals surface area contributed by atoms with Crippen LogP contribution in [0.3, 0.4) is 0 Å². The topological polar surface area (TPSA) is 57.7 Å². The Morgan fingerprint density at radius 3 is 2.48 bits per heavy atom. The molecule has 0 radical (unpaired) electrons. The summed E-state index contributed by atoms with van der Waals surface area (Å²) >= 11 is 0. The van der Waals surface area contributed by atoms with E-state index in [-0.39, 0.29) is 18.9 Å². The summed E-state index contributed by atoms with van der Waals surface area (Å²) in [5.41, 5.74) is 1.29. The van der Waals surface area contributed by atoms with Gasteiger partial charge in [0.2, 0.25) is 15.9 Å². The van der Waals surface area contributed by atoms with Crippen LogP contribution in [0.5, 0.6) is 0 Å². The van der Waals surface area contributed by atoms with Crippen LogP contribution in [0.25, 0.3) is 5.57 Å². The van der Waals surface area contributed by atoms with Crippen molar-refractivity contribution in [3.63, 3.8) is 0 Å². The van der Waals surface area contributed by atoms with E-state index < -0.39 is 21.2 Å². The van der Waals surface area contributed by atoms with Crippen molar-refractivity contribution in [3.8, 4) is 0 Å². The molecule has 0 saturated carbocycles. The lowest BCUT2D eigenvalue weighted by Crippen LogP contribution is -2.46. The summed E-state index contributed by atoms with van der Waals surface area (Å²) in [4.78, 5) is 13.2. The van der Waals surface area contributed by atoms with Crippen molar-refractivity contribution in [2.24, 2.45) is 0 Å². The summed E-state index contributed by atoms with van der Waals surface area (Å²) < 4.78 is 40.1. The van der Waals surface area contributed by atoms with E-state index in [9.17, 15) is 17.6 Å². The quantitative estimate of drug-likeness (QED) is 0.839. The van der Waals surface area contributed by atoms with Gasteiger partial charge in [0.05, 0.1) is 0 Å². The maximum Gasteiger partial charge on any atom is 0.241 e. The van der Waals surface area contributed by atoms with Crippen LogP contribution in [0.2, 0.25) is 0 Å². The zero-order chi connectivity index (χ0) is 17.2. The minimum absolute atomic E-state index is 0.150. The fraction of sp³-hybridized carbons (Fsp3) is 0.438. The third kappa shape index (κ3) is 3.61. The molecule has 0 spiro atoms. The van der Waals surface area contributed by atoms with Gasteiger partial charge in [0.25, 0.3) is 0 Å². The number of carbonyl (C=O) groups excluding carboxylic acids is 1. The SMILES string of the molecule is C[C@H](C(=O)N(C)C)S(=O)(=O)N1CC=C(c2ccccc2F)CC1. The summed E-state index contributed by atoms with van der Waals surface area (Å²) in [5, 5.41) is -1.12. The van der Waals surface area contributed by atoms with E-state index in [2.05, 4.69) is 0 Å². The lowest BCUT2D eigenvalue weighted by Gasteiger charge is -2.29. The average molecular weight is 340 g/mol. The van der Waals surface area contributed by atoms with Gasteiger partial charge in [-0.25, -0.2) is 12.8 Å². The van der Waals surface area contributed by atoms with Crippen LogP contribution < -0.4 is 0 Å². The number of sulfonamides is 1. The summed E-state index contributed by atoms with van der Waals surface area (Å²) in [6.45, 7) is 1.79. The van der Waals surface area contributed by atoms with Crippen molar-refractivity contribution in [1.82, 2.24) is 9.21 Å². The van der Waals surface area contributed by atoms with Gasteiger partial charge in [-0.3, -0.25) is 4.79 Å². The molecule has 0 fully saturated rings. The average Bonchev–Trinajstić information content (AvgIpc) is 2.54. The Kier molecular flexibility index (Phi) is 5.21. The number of amides is 1. The minimum atomic E-state index is -3.72. The van der Waals surface area contributed by atoms with Crippen molar-refractivity contribution >= 4 is 21.5 Å². The van der Waals surface area contributed by atoms with Gasteiger partial charge >= 0.3 is 0 Å². The van der Waals surface area contributed by atoms with Crippen molar-refractivity contribution in [2.45, 2.75) is 18.6 Å². The number of carbonyl (C=O) groups is 1. The number of nitrogens with zero attached hydrogens (tertiary/aromatic N) is 2. The zero-order valence-corrected chi connectivity index (χ0v) is 14.3. The second-order valence-electron chi connectivity index (χ2n) is 5.74. The van der Waals surface area contributed by atoms with Crippen LogP contribution >= 0.6 is 0 Å². The van der Waals surface area contributed by atoms with Gasteiger partial charge < -0.3 is 4.90 Å². The van der Waals surface area contributed by atoms with E-state index in [0.29, 0.717) is 12.0 Å². The Morgan fingerprint density at radius 2 is 1.96 bits per heavy atom. The molecule has 1 aliphatic rings. The van der Waals surface area contributed by atoms with Crippen LogP contribution in [-0.2, 0) is 14.8 Å². The van der Waals surface area contributed by atoms with Gasteiger partial charge in [-0.05, 0) is 25.0 Å². The molecule has 1 atom stereocenters.